The van der Waals surface area contributed by atoms with Gasteiger partial charge in [-0.25, -0.2) is 9.78 Å². The minimum atomic E-state index is -1.01. The lowest BCUT2D eigenvalue weighted by molar-refractivity contribution is 0.0691. The third kappa shape index (κ3) is 1.76. The van der Waals surface area contributed by atoms with Gasteiger partial charge in [0.25, 0.3) is 0 Å². The number of aromatic nitrogens is 3. The molecule has 0 aliphatic heterocycles. The van der Waals surface area contributed by atoms with Crippen LogP contribution in [-0.2, 0) is 6.54 Å². The fourth-order valence-corrected chi connectivity index (χ4v) is 2.46. The summed E-state index contributed by atoms with van der Waals surface area (Å²) >= 11 is 1.52. The molecular formula is C12H9N3O2S. The second kappa shape index (κ2) is 4.23. The first-order valence-electron chi connectivity index (χ1n) is 5.33. The number of thiazole rings is 1. The summed E-state index contributed by atoms with van der Waals surface area (Å²) in [6, 6.07) is 7.31. The predicted molar refractivity (Wildman–Crippen MR) is 67.9 cm³/mol. The Morgan fingerprint density at radius 1 is 1.39 bits per heavy atom. The van der Waals surface area contributed by atoms with Crippen molar-refractivity contribution in [2.45, 2.75) is 6.54 Å². The Balaban J connectivity index is 2.14. The summed E-state index contributed by atoms with van der Waals surface area (Å²) in [4.78, 5) is 15.3. The molecule has 1 N–H and O–H groups in total. The summed E-state index contributed by atoms with van der Waals surface area (Å²) < 4.78 is 1.68. The molecule has 0 aliphatic carbocycles. The molecule has 5 nitrogen and oxygen atoms in total. The highest BCUT2D eigenvalue weighted by Gasteiger charge is 2.16. The molecule has 2 aromatic heterocycles. The summed E-state index contributed by atoms with van der Waals surface area (Å²) in [6.45, 7) is 0.492. The maximum Gasteiger partial charge on any atom is 0.357 e. The molecule has 0 bridgehead atoms. The number of carbonyl (C=O) groups is 1. The highest BCUT2D eigenvalue weighted by molar-refractivity contribution is 7.09. The predicted octanol–water partition coefficient (Wildman–Crippen LogP) is 2.24. The van der Waals surface area contributed by atoms with Crippen molar-refractivity contribution < 1.29 is 9.90 Å². The number of rotatable bonds is 3. The molecule has 0 aliphatic rings. The van der Waals surface area contributed by atoms with E-state index in [-0.39, 0.29) is 5.69 Å². The van der Waals surface area contributed by atoms with Crippen molar-refractivity contribution in [1.29, 1.82) is 0 Å². The number of benzene rings is 1. The first kappa shape index (κ1) is 10.9. The molecule has 0 saturated carbocycles. The van der Waals surface area contributed by atoms with Crippen LogP contribution in [0.1, 0.15) is 15.5 Å². The zero-order valence-electron chi connectivity index (χ0n) is 9.28. The lowest BCUT2D eigenvalue weighted by atomic mass is 10.2. The third-order valence-corrected chi connectivity index (χ3v) is 3.39. The molecule has 18 heavy (non-hydrogen) atoms. The van der Waals surface area contributed by atoms with Crippen LogP contribution in [0.5, 0.6) is 0 Å². The molecule has 0 unspecified atom stereocenters. The van der Waals surface area contributed by atoms with Gasteiger partial charge in [0.1, 0.15) is 5.01 Å². The van der Waals surface area contributed by atoms with E-state index < -0.39 is 5.97 Å². The Hall–Kier alpha value is -2.21. The molecule has 2 heterocycles. The number of hydrogen-bond donors (Lipinski definition) is 1. The monoisotopic (exact) mass is 259 g/mol. The van der Waals surface area contributed by atoms with Crippen LogP contribution < -0.4 is 0 Å². The van der Waals surface area contributed by atoms with Crippen LogP contribution in [0, 0.1) is 0 Å². The summed E-state index contributed by atoms with van der Waals surface area (Å²) in [5.74, 6) is -1.01. The van der Waals surface area contributed by atoms with Crippen LogP contribution in [0.15, 0.2) is 35.8 Å². The van der Waals surface area contributed by atoms with E-state index in [0.29, 0.717) is 11.9 Å². The number of nitrogens with zero attached hydrogens (tertiary/aromatic N) is 3. The first-order valence-corrected chi connectivity index (χ1v) is 6.21. The second-order valence-corrected chi connectivity index (χ2v) is 4.73. The summed E-state index contributed by atoms with van der Waals surface area (Å²) in [5, 5.41) is 16.7. The highest BCUT2D eigenvalue weighted by Crippen LogP contribution is 2.19. The van der Waals surface area contributed by atoms with Crippen LogP contribution in [0.2, 0.25) is 0 Å². The Bertz CT molecular complexity index is 703. The summed E-state index contributed by atoms with van der Waals surface area (Å²) in [6.07, 6.45) is 1.73. The van der Waals surface area contributed by atoms with E-state index in [1.165, 1.54) is 11.3 Å². The number of carboxylic acid groups (broad SMARTS) is 1. The number of para-hydroxylation sites is 1. The third-order valence-electron chi connectivity index (χ3n) is 2.63. The molecular weight excluding hydrogens is 250 g/mol. The largest absolute Gasteiger partial charge is 0.476 e. The number of fused-ring (bicyclic) bond motifs is 1. The molecule has 0 spiro atoms. The van der Waals surface area contributed by atoms with Gasteiger partial charge in [-0.3, -0.25) is 4.68 Å². The van der Waals surface area contributed by atoms with Crippen molar-refractivity contribution in [1.82, 2.24) is 14.8 Å². The van der Waals surface area contributed by atoms with Gasteiger partial charge in [-0.15, -0.1) is 11.3 Å². The molecule has 0 amide bonds. The van der Waals surface area contributed by atoms with Gasteiger partial charge in [0, 0.05) is 17.0 Å². The average molecular weight is 259 g/mol. The van der Waals surface area contributed by atoms with Gasteiger partial charge in [-0.1, -0.05) is 18.2 Å². The lowest BCUT2D eigenvalue weighted by Crippen LogP contribution is -2.04. The molecule has 3 aromatic rings. The quantitative estimate of drug-likeness (QED) is 0.783. The van der Waals surface area contributed by atoms with Gasteiger partial charge in [-0.05, 0) is 6.07 Å². The molecule has 0 radical (unpaired) electrons. The zero-order valence-corrected chi connectivity index (χ0v) is 10.1. The van der Waals surface area contributed by atoms with Gasteiger partial charge in [0.2, 0.25) is 0 Å². The maximum atomic E-state index is 11.1. The van der Waals surface area contributed by atoms with E-state index >= 15 is 0 Å². The van der Waals surface area contributed by atoms with Crippen molar-refractivity contribution in [2.75, 3.05) is 0 Å². The van der Waals surface area contributed by atoms with E-state index in [4.69, 9.17) is 5.11 Å². The van der Waals surface area contributed by atoms with Crippen molar-refractivity contribution in [2.24, 2.45) is 0 Å². The van der Waals surface area contributed by atoms with Gasteiger partial charge in [-0.2, -0.15) is 5.10 Å². The van der Waals surface area contributed by atoms with E-state index in [1.54, 1.807) is 16.9 Å². The SMILES string of the molecule is O=C(O)c1nn(Cc2nccs2)c2ccccc12. The van der Waals surface area contributed by atoms with Crippen molar-refractivity contribution in [3.63, 3.8) is 0 Å². The van der Waals surface area contributed by atoms with Crippen LogP contribution in [0.4, 0.5) is 0 Å². The number of aromatic carboxylic acids is 1. The first-order chi connectivity index (χ1) is 8.75. The van der Waals surface area contributed by atoms with Gasteiger partial charge in [0.15, 0.2) is 5.69 Å². The molecule has 90 valence electrons. The number of carboxylic acids is 1. The number of hydrogen-bond acceptors (Lipinski definition) is 4. The average Bonchev–Trinajstić information content (AvgIpc) is 2.98. The second-order valence-electron chi connectivity index (χ2n) is 3.75. The molecule has 0 atom stereocenters. The topological polar surface area (TPSA) is 68.0 Å². The van der Waals surface area contributed by atoms with E-state index in [1.807, 2.05) is 23.6 Å². The Kier molecular flexibility index (Phi) is 2.56. The van der Waals surface area contributed by atoms with Crippen LogP contribution in [0.3, 0.4) is 0 Å². The molecule has 0 saturated heterocycles. The molecule has 3 rings (SSSR count). The minimum Gasteiger partial charge on any atom is -0.476 e. The van der Waals surface area contributed by atoms with Crippen molar-refractivity contribution in [3.8, 4) is 0 Å². The van der Waals surface area contributed by atoms with E-state index in [9.17, 15) is 4.79 Å². The fraction of sp³-hybridized carbons (Fsp3) is 0.0833. The fourth-order valence-electron chi connectivity index (χ4n) is 1.87. The minimum absolute atomic E-state index is 0.0853. The summed E-state index contributed by atoms with van der Waals surface area (Å²) in [7, 11) is 0. The molecule has 1 aromatic carbocycles. The normalized spacial score (nSPS) is 10.9. The van der Waals surface area contributed by atoms with Crippen LogP contribution >= 0.6 is 11.3 Å². The summed E-state index contributed by atoms with van der Waals surface area (Å²) in [5.41, 5.74) is 0.896. The Labute approximate surface area is 106 Å². The maximum absolute atomic E-state index is 11.1. The lowest BCUT2D eigenvalue weighted by Gasteiger charge is -1.99. The van der Waals surface area contributed by atoms with Gasteiger partial charge >= 0.3 is 5.97 Å². The van der Waals surface area contributed by atoms with E-state index in [0.717, 1.165) is 10.5 Å². The Morgan fingerprint density at radius 2 is 2.22 bits per heavy atom. The van der Waals surface area contributed by atoms with E-state index in [2.05, 4.69) is 10.1 Å². The Morgan fingerprint density at radius 3 is 2.94 bits per heavy atom. The standard InChI is InChI=1S/C12H9N3O2S/c16-12(17)11-8-3-1-2-4-9(8)15(14-11)7-10-13-5-6-18-10/h1-6H,7H2,(H,16,17). The zero-order chi connectivity index (χ0) is 12.5. The van der Waals surface area contributed by atoms with Gasteiger partial charge < -0.3 is 5.11 Å². The smallest absolute Gasteiger partial charge is 0.357 e. The molecule has 0 fully saturated rings. The highest BCUT2D eigenvalue weighted by atomic mass is 32.1. The van der Waals surface area contributed by atoms with Crippen molar-refractivity contribution in [3.05, 3.63) is 46.5 Å². The van der Waals surface area contributed by atoms with Gasteiger partial charge in [0.05, 0.1) is 12.1 Å². The molecule has 6 heteroatoms. The van der Waals surface area contributed by atoms with Crippen LogP contribution in [-0.4, -0.2) is 25.8 Å². The van der Waals surface area contributed by atoms with Crippen molar-refractivity contribution >= 4 is 28.2 Å². The van der Waals surface area contributed by atoms with Crippen LogP contribution in [0.25, 0.3) is 10.9 Å².